The summed E-state index contributed by atoms with van der Waals surface area (Å²) >= 11 is 6.27. The van der Waals surface area contributed by atoms with Gasteiger partial charge in [0.2, 0.25) is 0 Å². The van der Waals surface area contributed by atoms with Gasteiger partial charge in [0, 0.05) is 32.6 Å². The largest absolute Gasteiger partial charge is 0.496 e. The monoisotopic (exact) mass is 383 g/mol. The van der Waals surface area contributed by atoms with Gasteiger partial charge in [0.05, 0.1) is 13.7 Å². The minimum absolute atomic E-state index is 0.157. The lowest BCUT2D eigenvalue weighted by molar-refractivity contribution is 0.343. The van der Waals surface area contributed by atoms with Crippen molar-refractivity contribution in [2.24, 2.45) is 0 Å². The third-order valence-corrected chi connectivity index (χ3v) is 5.23. The Balaban J connectivity index is 2.59. The molecule has 2 N–H and O–H groups in total. The number of H-pyrrole nitrogens is 1. The van der Waals surface area contributed by atoms with Crippen LogP contribution in [0.3, 0.4) is 0 Å². The van der Waals surface area contributed by atoms with Crippen molar-refractivity contribution < 1.29 is 9.84 Å². The van der Waals surface area contributed by atoms with Gasteiger partial charge in [-0.1, -0.05) is 23.8 Å². The molecule has 1 heterocycles. The van der Waals surface area contributed by atoms with E-state index >= 15 is 0 Å². The first kappa shape index (κ1) is 19.2. The minimum Gasteiger partial charge on any atom is -0.496 e. The molecule has 3 rings (SSSR count). The van der Waals surface area contributed by atoms with Gasteiger partial charge in [-0.2, -0.15) is 0 Å². The van der Waals surface area contributed by atoms with Crippen LogP contribution in [0.1, 0.15) is 22.3 Å². The number of pyridine rings is 1. The van der Waals surface area contributed by atoms with E-state index in [9.17, 15) is 9.90 Å². The Morgan fingerprint density at radius 1 is 1.19 bits per heavy atom. The zero-order valence-corrected chi connectivity index (χ0v) is 16.6. The first-order chi connectivity index (χ1) is 12.9. The number of hydrogen-bond donors (Lipinski definition) is 2. The molecule has 0 radical (unpaired) electrons. The van der Waals surface area contributed by atoms with Crippen molar-refractivity contribution >= 4 is 28.6 Å². The van der Waals surface area contributed by atoms with Crippen LogP contribution < -0.4 is 10.3 Å². The van der Waals surface area contributed by atoms with Crippen molar-refractivity contribution in [1.82, 2.24) is 4.98 Å². The van der Waals surface area contributed by atoms with Crippen LogP contribution in [0, 0.1) is 20.8 Å². The average molecular weight is 384 g/mol. The number of benzene rings is 2. The molecule has 0 bridgehead atoms. The third-order valence-electron chi connectivity index (χ3n) is 4.99. The molecule has 0 spiro atoms. The molecule has 0 fully saturated rings. The van der Waals surface area contributed by atoms with Gasteiger partial charge in [-0.3, -0.25) is 4.79 Å². The smallest absolute Gasteiger partial charge is 0.256 e. The van der Waals surface area contributed by atoms with Crippen molar-refractivity contribution in [3.05, 3.63) is 68.0 Å². The summed E-state index contributed by atoms with van der Waals surface area (Å²) in [5.74, 6) is 0.627. The molecule has 4 nitrogen and oxygen atoms in total. The van der Waals surface area contributed by atoms with Gasteiger partial charge in [0.25, 0.3) is 5.56 Å². The number of aliphatic hydroxyl groups is 1. The van der Waals surface area contributed by atoms with Crippen molar-refractivity contribution in [2.45, 2.75) is 20.8 Å². The Morgan fingerprint density at radius 2 is 1.93 bits per heavy atom. The molecule has 2 aromatic carbocycles. The fourth-order valence-corrected chi connectivity index (χ4v) is 3.60. The Bertz CT molecular complexity index is 1110. The number of fused-ring (bicyclic) bond motifs is 1. The van der Waals surface area contributed by atoms with Crippen LogP contribution in [0.15, 0.2) is 35.1 Å². The van der Waals surface area contributed by atoms with Gasteiger partial charge < -0.3 is 14.8 Å². The van der Waals surface area contributed by atoms with Crippen molar-refractivity contribution in [3.63, 3.8) is 0 Å². The highest BCUT2D eigenvalue weighted by molar-refractivity contribution is 6.31. The Labute approximate surface area is 163 Å². The lowest BCUT2D eigenvalue weighted by atomic mass is 9.89. The highest BCUT2D eigenvalue weighted by Gasteiger charge is 2.19. The maximum absolute atomic E-state index is 12.9. The zero-order valence-electron chi connectivity index (χ0n) is 15.8. The van der Waals surface area contributed by atoms with E-state index in [1.54, 1.807) is 37.5 Å². The van der Waals surface area contributed by atoms with Crippen LogP contribution in [0.2, 0.25) is 5.02 Å². The summed E-state index contributed by atoms with van der Waals surface area (Å²) in [4.78, 5) is 15.8. The minimum atomic E-state index is -0.230. The fraction of sp³-hybridized carbons (Fsp3) is 0.227. The fourth-order valence-electron chi connectivity index (χ4n) is 3.43. The van der Waals surface area contributed by atoms with Crippen LogP contribution in [0.4, 0.5) is 0 Å². The quantitative estimate of drug-likeness (QED) is 0.681. The van der Waals surface area contributed by atoms with Crippen LogP contribution in [0.5, 0.6) is 5.75 Å². The maximum Gasteiger partial charge on any atom is 0.256 e. The molecule has 0 atom stereocenters. The number of aliphatic hydroxyl groups excluding tert-OH is 1. The highest BCUT2D eigenvalue weighted by Crippen LogP contribution is 2.40. The first-order valence-electron chi connectivity index (χ1n) is 8.67. The number of ether oxygens (including phenoxy) is 1. The van der Waals surface area contributed by atoms with E-state index in [1.807, 2.05) is 19.9 Å². The number of aryl methyl sites for hydroxylation is 2. The molecule has 0 aliphatic rings. The topological polar surface area (TPSA) is 62.3 Å². The second kappa shape index (κ2) is 7.59. The van der Waals surface area contributed by atoms with Crippen molar-refractivity contribution in [3.8, 4) is 16.9 Å². The number of rotatable bonds is 4. The van der Waals surface area contributed by atoms with Crippen LogP contribution in [0.25, 0.3) is 28.1 Å². The van der Waals surface area contributed by atoms with Crippen LogP contribution >= 0.6 is 11.6 Å². The lowest BCUT2D eigenvalue weighted by Crippen LogP contribution is -2.13. The van der Waals surface area contributed by atoms with Gasteiger partial charge >= 0.3 is 0 Å². The summed E-state index contributed by atoms with van der Waals surface area (Å²) < 4.78 is 5.55. The normalized spacial score (nSPS) is 11.5. The third kappa shape index (κ3) is 3.38. The summed E-state index contributed by atoms with van der Waals surface area (Å²) in [5, 5.41) is 10.7. The van der Waals surface area contributed by atoms with Crippen molar-refractivity contribution in [1.29, 1.82) is 0 Å². The molecule has 0 amide bonds. The Hall–Kier alpha value is -2.56. The Morgan fingerprint density at radius 3 is 2.59 bits per heavy atom. The van der Waals surface area contributed by atoms with Crippen LogP contribution in [-0.4, -0.2) is 23.8 Å². The number of aromatic amines is 1. The summed E-state index contributed by atoms with van der Waals surface area (Å²) in [6, 6.07) is 7.34. The van der Waals surface area contributed by atoms with Crippen LogP contribution in [-0.2, 0) is 0 Å². The van der Waals surface area contributed by atoms with E-state index in [0.29, 0.717) is 16.3 Å². The van der Waals surface area contributed by atoms with E-state index in [2.05, 4.69) is 11.9 Å². The Kier molecular flexibility index (Phi) is 5.40. The number of aromatic nitrogens is 1. The molecular weight excluding hydrogens is 362 g/mol. The lowest BCUT2D eigenvalue weighted by Gasteiger charge is -2.18. The first-order valence-corrected chi connectivity index (χ1v) is 9.05. The standard InChI is InChI=1S/C22H22ClNO3/c1-12-10-18-20(14(3)13(12)2)21(16(6-5-9-25)22(26)24-18)17-11-15(23)7-8-19(17)27-4/h5-8,10-11,25H,9H2,1-4H3,(H,24,26). The van der Waals surface area contributed by atoms with Gasteiger partial charge in [-0.05, 0) is 61.7 Å². The second-order valence-electron chi connectivity index (χ2n) is 6.54. The summed E-state index contributed by atoms with van der Waals surface area (Å²) in [6.07, 6.45) is 3.19. The molecule has 140 valence electrons. The molecule has 0 aliphatic heterocycles. The summed E-state index contributed by atoms with van der Waals surface area (Å²) in [7, 11) is 1.59. The molecule has 27 heavy (non-hydrogen) atoms. The maximum atomic E-state index is 12.9. The van der Waals surface area contributed by atoms with E-state index in [0.717, 1.165) is 38.7 Å². The van der Waals surface area contributed by atoms with Gasteiger partial charge in [0.15, 0.2) is 0 Å². The SMILES string of the molecule is COc1ccc(Cl)cc1-c1c(C=CCO)c(=O)[nH]c2cc(C)c(C)c(C)c12. The number of hydrogen-bond acceptors (Lipinski definition) is 3. The molecule has 0 saturated heterocycles. The van der Waals surface area contributed by atoms with Gasteiger partial charge in [0.1, 0.15) is 5.75 Å². The predicted molar refractivity (Wildman–Crippen MR) is 112 cm³/mol. The van der Waals surface area contributed by atoms with E-state index in [4.69, 9.17) is 16.3 Å². The number of nitrogens with one attached hydrogen (secondary N) is 1. The number of methoxy groups -OCH3 is 1. The van der Waals surface area contributed by atoms with E-state index in [1.165, 1.54) is 0 Å². The van der Waals surface area contributed by atoms with Gasteiger partial charge in [-0.25, -0.2) is 0 Å². The van der Waals surface area contributed by atoms with E-state index < -0.39 is 0 Å². The molecule has 0 aliphatic carbocycles. The predicted octanol–water partition coefficient (Wildman–Crippen LogP) is 4.79. The van der Waals surface area contributed by atoms with Gasteiger partial charge in [-0.15, -0.1) is 0 Å². The molecule has 1 aromatic heterocycles. The summed E-state index contributed by atoms with van der Waals surface area (Å²) in [6.45, 7) is 5.98. The highest BCUT2D eigenvalue weighted by atomic mass is 35.5. The van der Waals surface area contributed by atoms with Crippen molar-refractivity contribution in [2.75, 3.05) is 13.7 Å². The summed E-state index contributed by atoms with van der Waals surface area (Å²) in [5.41, 5.74) is 5.83. The molecule has 5 heteroatoms. The van der Waals surface area contributed by atoms with E-state index in [-0.39, 0.29) is 12.2 Å². The zero-order chi connectivity index (χ0) is 19.7. The number of halogens is 1. The molecule has 0 saturated carbocycles. The average Bonchev–Trinajstić information content (AvgIpc) is 2.64. The second-order valence-corrected chi connectivity index (χ2v) is 6.97. The molecular formula is C22H22ClNO3. The molecule has 0 unspecified atom stereocenters. The molecule has 3 aromatic rings.